The number of nitrogens with one attached hydrogen (secondary N) is 1. The predicted molar refractivity (Wildman–Crippen MR) is 76.6 cm³/mol. The van der Waals surface area contributed by atoms with Crippen LogP contribution in [0.1, 0.15) is 44.4 Å². The average molecular weight is 242 g/mol. The minimum Gasteiger partial charge on any atom is -0.357 e. The summed E-state index contributed by atoms with van der Waals surface area (Å²) in [5.41, 5.74) is 10.6. The second-order valence-electron chi connectivity index (χ2n) is 5.56. The Morgan fingerprint density at radius 3 is 2.83 bits per heavy atom. The molecule has 0 radical (unpaired) electrons. The van der Waals surface area contributed by atoms with Crippen molar-refractivity contribution in [2.45, 2.75) is 45.1 Å². The van der Waals surface area contributed by atoms with Crippen LogP contribution in [0.15, 0.2) is 24.3 Å². The zero-order chi connectivity index (χ0) is 12.8. The summed E-state index contributed by atoms with van der Waals surface area (Å²) < 4.78 is 0. The molecule has 2 nitrogen and oxygen atoms in total. The summed E-state index contributed by atoms with van der Waals surface area (Å²) in [4.78, 5) is 3.60. The van der Waals surface area contributed by atoms with Gasteiger partial charge in [0.1, 0.15) is 0 Å². The van der Waals surface area contributed by atoms with E-state index in [-0.39, 0.29) is 5.54 Å². The van der Waals surface area contributed by atoms with E-state index in [9.17, 15) is 0 Å². The molecule has 0 bridgehead atoms. The SMILES string of the molecule is CCC1CCc2c([nH]c3ccccc23)C1(N)CC. The molecule has 0 aliphatic heterocycles. The normalized spacial score (nSPS) is 27.4. The van der Waals surface area contributed by atoms with E-state index in [4.69, 9.17) is 5.73 Å². The number of rotatable bonds is 2. The van der Waals surface area contributed by atoms with Crippen LogP contribution in [0, 0.1) is 5.92 Å². The van der Waals surface area contributed by atoms with Crippen molar-refractivity contribution in [3.05, 3.63) is 35.5 Å². The largest absolute Gasteiger partial charge is 0.357 e. The van der Waals surface area contributed by atoms with Gasteiger partial charge in [0.2, 0.25) is 0 Å². The van der Waals surface area contributed by atoms with Crippen molar-refractivity contribution >= 4 is 10.9 Å². The van der Waals surface area contributed by atoms with E-state index < -0.39 is 0 Å². The molecule has 0 amide bonds. The number of para-hydroxylation sites is 1. The maximum atomic E-state index is 6.76. The molecular weight excluding hydrogens is 220 g/mol. The molecule has 96 valence electrons. The summed E-state index contributed by atoms with van der Waals surface area (Å²) >= 11 is 0. The van der Waals surface area contributed by atoms with E-state index >= 15 is 0 Å². The van der Waals surface area contributed by atoms with Gasteiger partial charge in [-0.25, -0.2) is 0 Å². The first-order valence-electron chi connectivity index (χ1n) is 7.09. The van der Waals surface area contributed by atoms with Gasteiger partial charge in [-0.15, -0.1) is 0 Å². The third-order valence-corrected chi connectivity index (χ3v) is 4.83. The fourth-order valence-corrected chi connectivity index (χ4v) is 3.67. The summed E-state index contributed by atoms with van der Waals surface area (Å²) in [5, 5.41) is 1.37. The predicted octanol–water partition coefficient (Wildman–Crippen LogP) is 3.70. The van der Waals surface area contributed by atoms with Crippen LogP contribution in [0.3, 0.4) is 0 Å². The molecule has 1 aromatic heterocycles. The van der Waals surface area contributed by atoms with Crippen LogP contribution in [0.2, 0.25) is 0 Å². The molecule has 0 saturated carbocycles. The lowest BCUT2D eigenvalue weighted by Gasteiger charge is -2.40. The van der Waals surface area contributed by atoms with Crippen molar-refractivity contribution in [1.82, 2.24) is 4.98 Å². The molecule has 1 aliphatic rings. The van der Waals surface area contributed by atoms with Gasteiger partial charge in [-0.1, -0.05) is 38.5 Å². The lowest BCUT2D eigenvalue weighted by molar-refractivity contribution is 0.219. The molecule has 3 N–H and O–H groups in total. The topological polar surface area (TPSA) is 41.8 Å². The fourth-order valence-electron chi connectivity index (χ4n) is 3.67. The Kier molecular flexibility index (Phi) is 2.70. The zero-order valence-electron chi connectivity index (χ0n) is 11.3. The second-order valence-corrected chi connectivity index (χ2v) is 5.56. The number of nitrogens with two attached hydrogens (primary N) is 1. The van der Waals surface area contributed by atoms with Crippen LogP contribution in [0.5, 0.6) is 0 Å². The lowest BCUT2D eigenvalue weighted by Crippen LogP contribution is -2.46. The van der Waals surface area contributed by atoms with E-state index in [1.54, 1.807) is 0 Å². The maximum absolute atomic E-state index is 6.76. The van der Waals surface area contributed by atoms with Gasteiger partial charge >= 0.3 is 0 Å². The van der Waals surface area contributed by atoms with Gasteiger partial charge in [-0.3, -0.25) is 0 Å². The van der Waals surface area contributed by atoms with Gasteiger partial charge in [0, 0.05) is 16.6 Å². The number of H-pyrrole nitrogens is 1. The van der Waals surface area contributed by atoms with Crippen molar-refractivity contribution in [3.63, 3.8) is 0 Å². The Bertz CT molecular complexity index is 569. The summed E-state index contributed by atoms with van der Waals surface area (Å²) in [5.74, 6) is 0.600. The standard InChI is InChI=1S/C16H22N2/c1-3-11-9-10-13-12-7-5-6-8-14(12)18-15(13)16(11,17)4-2/h5-8,11,18H,3-4,9-10,17H2,1-2H3. The van der Waals surface area contributed by atoms with Crippen molar-refractivity contribution < 1.29 is 0 Å². The molecule has 18 heavy (non-hydrogen) atoms. The number of hydrogen-bond donors (Lipinski definition) is 2. The zero-order valence-corrected chi connectivity index (χ0v) is 11.3. The van der Waals surface area contributed by atoms with E-state index in [2.05, 4.69) is 43.1 Å². The summed E-state index contributed by atoms with van der Waals surface area (Å²) in [6, 6.07) is 8.58. The number of aryl methyl sites for hydroxylation is 1. The Morgan fingerprint density at radius 2 is 2.11 bits per heavy atom. The molecule has 3 rings (SSSR count). The Balaban J connectivity index is 2.24. The summed E-state index contributed by atoms with van der Waals surface area (Å²) in [6.07, 6.45) is 4.55. The molecule has 2 unspecified atom stereocenters. The molecule has 0 spiro atoms. The molecule has 2 atom stereocenters. The molecule has 1 aromatic carbocycles. The first-order valence-corrected chi connectivity index (χ1v) is 7.09. The minimum atomic E-state index is -0.165. The summed E-state index contributed by atoms with van der Waals surface area (Å²) in [7, 11) is 0. The highest BCUT2D eigenvalue weighted by atomic mass is 14.9. The highest BCUT2D eigenvalue weighted by Crippen LogP contribution is 2.43. The van der Waals surface area contributed by atoms with Crippen LogP contribution in [-0.4, -0.2) is 4.98 Å². The smallest absolute Gasteiger partial charge is 0.0590 e. The van der Waals surface area contributed by atoms with E-state index in [0.29, 0.717) is 5.92 Å². The molecule has 2 aromatic rings. The fraction of sp³-hybridized carbons (Fsp3) is 0.500. The highest BCUT2D eigenvalue weighted by Gasteiger charge is 2.40. The number of benzene rings is 1. The maximum Gasteiger partial charge on any atom is 0.0590 e. The first-order chi connectivity index (χ1) is 8.70. The Morgan fingerprint density at radius 1 is 1.33 bits per heavy atom. The van der Waals surface area contributed by atoms with Crippen molar-refractivity contribution in [1.29, 1.82) is 0 Å². The Hall–Kier alpha value is -1.28. The third kappa shape index (κ3) is 1.45. The number of aromatic amines is 1. The first kappa shape index (κ1) is 11.8. The molecule has 1 aliphatic carbocycles. The third-order valence-electron chi connectivity index (χ3n) is 4.83. The van der Waals surface area contributed by atoms with E-state index in [0.717, 1.165) is 12.8 Å². The van der Waals surface area contributed by atoms with Gasteiger partial charge in [-0.2, -0.15) is 0 Å². The average Bonchev–Trinajstić information content (AvgIpc) is 2.79. The quantitative estimate of drug-likeness (QED) is 0.828. The van der Waals surface area contributed by atoms with Crippen molar-refractivity contribution in [3.8, 4) is 0 Å². The van der Waals surface area contributed by atoms with E-state index in [1.807, 2.05) is 0 Å². The van der Waals surface area contributed by atoms with Crippen LogP contribution >= 0.6 is 0 Å². The van der Waals surface area contributed by atoms with Crippen LogP contribution in [-0.2, 0) is 12.0 Å². The van der Waals surface area contributed by atoms with E-state index in [1.165, 1.54) is 35.0 Å². The monoisotopic (exact) mass is 242 g/mol. The van der Waals surface area contributed by atoms with Gasteiger partial charge in [0.05, 0.1) is 5.54 Å². The second kappa shape index (κ2) is 4.13. The Labute approximate surface area is 109 Å². The molecule has 2 heteroatoms. The van der Waals surface area contributed by atoms with Crippen LogP contribution in [0.25, 0.3) is 10.9 Å². The number of fused-ring (bicyclic) bond motifs is 3. The molecule has 0 fully saturated rings. The minimum absolute atomic E-state index is 0.165. The summed E-state index contributed by atoms with van der Waals surface area (Å²) in [6.45, 7) is 4.47. The van der Waals surface area contributed by atoms with Crippen LogP contribution in [0.4, 0.5) is 0 Å². The lowest BCUT2D eigenvalue weighted by atomic mass is 9.70. The van der Waals surface area contributed by atoms with Gasteiger partial charge in [0.15, 0.2) is 0 Å². The molecule has 0 saturated heterocycles. The molecular formula is C16H22N2. The van der Waals surface area contributed by atoms with Crippen LogP contribution < -0.4 is 5.73 Å². The van der Waals surface area contributed by atoms with Gasteiger partial charge in [0.25, 0.3) is 0 Å². The number of aromatic nitrogens is 1. The van der Waals surface area contributed by atoms with Crippen molar-refractivity contribution in [2.75, 3.05) is 0 Å². The number of hydrogen-bond acceptors (Lipinski definition) is 1. The molecule has 1 heterocycles. The van der Waals surface area contributed by atoms with Gasteiger partial charge in [-0.05, 0) is 36.8 Å². The van der Waals surface area contributed by atoms with Gasteiger partial charge < -0.3 is 10.7 Å². The van der Waals surface area contributed by atoms with Crippen molar-refractivity contribution in [2.24, 2.45) is 11.7 Å². The highest BCUT2D eigenvalue weighted by molar-refractivity contribution is 5.85.